The quantitative estimate of drug-likeness (QED) is 0.216. The summed E-state index contributed by atoms with van der Waals surface area (Å²) in [6, 6.07) is 24.1. The van der Waals surface area contributed by atoms with E-state index in [-0.39, 0.29) is 23.5 Å². The molecule has 0 spiro atoms. The zero-order valence-corrected chi connectivity index (χ0v) is 32.1. The van der Waals surface area contributed by atoms with Crippen LogP contribution in [0.15, 0.2) is 66.7 Å². The predicted octanol–water partition coefficient (Wildman–Crippen LogP) is 6.24. The minimum absolute atomic E-state index is 0.0843. The van der Waals surface area contributed by atoms with Crippen molar-refractivity contribution in [3.8, 4) is 0 Å². The molecule has 9 heteroatoms. The number of benzene rings is 3. The highest BCUT2D eigenvalue weighted by molar-refractivity contribution is 5.97. The number of nitrogens with one attached hydrogen (secondary N) is 2. The number of nitrogens with zero attached hydrogens (tertiary/aromatic N) is 4. The van der Waals surface area contributed by atoms with Crippen molar-refractivity contribution >= 4 is 23.2 Å². The van der Waals surface area contributed by atoms with E-state index in [0.717, 1.165) is 92.9 Å². The number of rotatable bonds is 12. The number of anilines is 2. The molecule has 0 saturated carbocycles. The van der Waals surface area contributed by atoms with Gasteiger partial charge >= 0.3 is 0 Å². The van der Waals surface area contributed by atoms with Crippen LogP contribution in [0.4, 0.5) is 11.4 Å². The second-order valence-electron chi connectivity index (χ2n) is 15.4. The van der Waals surface area contributed by atoms with Crippen LogP contribution in [-0.4, -0.2) is 103 Å². The Bertz CT molecular complexity index is 1600. The third kappa shape index (κ3) is 9.17. The van der Waals surface area contributed by atoms with E-state index in [4.69, 9.17) is 4.74 Å². The number of amides is 2. The molecule has 3 aromatic carbocycles. The topological polar surface area (TPSA) is 80.4 Å². The van der Waals surface area contributed by atoms with Gasteiger partial charge < -0.3 is 24.8 Å². The highest BCUT2D eigenvalue weighted by atomic mass is 16.5. The molecule has 0 aliphatic carbocycles. The summed E-state index contributed by atoms with van der Waals surface area (Å²) in [5.74, 6) is 0.339. The Morgan fingerprint density at radius 1 is 0.865 bits per heavy atom. The largest absolute Gasteiger partial charge is 0.378 e. The fraction of sp³-hybridized carbons (Fsp3) is 0.535. The highest BCUT2D eigenvalue weighted by Crippen LogP contribution is 2.35. The van der Waals surface area contributed by atoms with Gasteiger partial charge in [-0.1, -0.05) is 49.4 Å². The summed E-state index contributed by atoms with van der Waals surface area (Å²) in [4.78, 5) is 36.0. The van der Waals surface area contributed by atoms with Crippen LogP contribution < -0.4 is 15.5 Å². The van der Waals surface area contributed by atoms with E-state index in [1.165, 1.54) is 11.3 Å². The first kappa shape index (κ1) is 37.8. The molecule has 1 atom stereocenters. The zero-order chi connectivity index (χ0) is 36.7. The number of aryl methyl sites for hydroxylation is 2. The molecule has 0 bridgehead atoms. The maximum absolute atomic E-state index is 13.9. The molecule has 280 valence electrons. The maximum atomic E-state index is 13.9. The molecule has 6 rings (SSSR count). The molecule has 3 saturated heterocycles. The molecular formula is C43H60N6O3. The molecular weight excluding hydrogens is 649 g/mol. The lowest BCUT2D eigenvalue weighted by molar-refractivity contribution is -0.134. The summed E-state index contributed by atoms with van der Waals surface area (Å²) in [7, 11) is 0. The molecule has 2 N–H and O–H groups in total. The summed E-state index contributed by atoms with van der Waals surface area (Å²) in [6.07, 6.45) is 4.75. The normalized spacial score (nSPS) is 18.9. The van der Waals surface area contributed by atoms with Gasteiger partial charge in [-0.25, -0.2) is 0 Å². The van der Waals surface area contributed by atoms with Gasteiger partial charge in [0.2, 0.25) is 5.91 Å². The molecule has 3 heterocycles. The van der Waals surface area contributed by atoms with Gasteiger partial charge in [-0.2, -0.15) is 0 Å². The first-order valence-electron chi connectivity index (χ1n) is 19.5. The maximum Gasteiger partial charge on any atom is 0.254 e. The first-order valence-corrected chi connectivity index (χ1v) is 19.5. The second-order valence-corrected chi connectivity index (χ2v) is 15.4. The Balaban J connectivity index is 1.06. The van der Waals surface area contributed by atoms with E-state index < -0.39 is 0 Å². The monoisotopic (exact) mass is 708 g/mol. The van der Waals surface area contributed by atoms with Crippen LogP contribution in [-0.2, 0) is 22.5 Å². The van der Waals surface area contributed by atoms with Crippen molar-refractivity contribution in [2.75, 3.05) is 69.2 Å². The number of morpholine rings is 1. The Kier molecular flexibility index (Phi) is 12.6. The van der Waals surface area contributed by atoms with E-state index in [1.54, 1.807) is 0 Å². The van der Waals surface area contributed by atoms with Crippen LogP contribution in [0.5, 0.6) is 0 Å². The first-order chi connectivity index (χ1) is 25.1. The van der Waals surface area contributed by atoms with Crippen LogP contribution in [0.1, 0.15) is 79.1 Å². The van der Waals surface area contributed by atoms with Crippen LogP contribution in [0, 0.1) is 13.8 Å². The summed E-state index contributed by atoms with van der Waals surface area (Å²) >= 11 is 0. The Hall–Kier alpha value is -3.92. The minimum atomic E-state index is 0.0843. The Morgan fingerprint density at radius 2 is 1.50 bits per heavy atom. The Morgan fingerprint density at radius 3 is 2.12 bits per heavy atom. The van der Waals surface area contributed by atoms with Crippen molar-refractivity contribution in [1.82, 2.24) is 20.0 Å². The number of likely N-dealkylation sites (tertiary alicyclic amines) is 2. The molecule has 52 heavy (non-hydrogen) atoms. The minimum Gasteiger partial charge on any atom is -0.378 e. The summed E-state index contributed by atoms with van der Waals surface area (Å²) in [5.41, 5.74) is 7.61. The van der Waals surface area contributed by atoms with E-state index in [1.807, 2.05) is 4.90 Å². The fourth-order valence-corrected chi connectivity index (χ4v) is 8.49. The molecule has 2 amide bonds. The number of hydrogen-bond donors (Lipinski definition) is 2. The molecule has 3 fully saturated rings. The number of hydrogen-bond acceptors (Lipinski definition) is 7. The van der Waals surface area contributed by atoms with E-state index >= 15 is 0 Å². The van der Waals surface area contributed by atoms with Gasteiger partial charge in [0.1, 0.15) is 0 Å². The van der Waals surface area contributed by atoms with Gasteiger partial charge in [0, 0.05) is 74.3 Å². The highest BCUT2D eigenvalue weighted by Gasteiger charge is 2.39. The second kappa shape index (κ2) is 17.3. The van der Waals surface area contributed by atoms with Crippen molar-refractivity contribution in [3.05, 3.63) is 94.5 Å². The third-order valence-corrected chi connectivity index (χ3v) is 11.6. The molecule has 1 unspecified atom stereocenters. The standard InChI is InChI=1S/C43H60N6O3/c1-6-44-34(4)45-37-28-32(2)41(33(3)29-37)42(51)47-22-18-43(5,19-23-47)48-20-16-39(17-21-48)49(31-36-10-8-7-9-11-36)38-14-12-35(13-15-38)30-40(50)46-24-26-52-27-25-46/h7-15,28-29,34,39,44-45H,6,16-27,30-31H2,1-5H3. The number of carbonyl (C=O) groups is 2. The number of ether oxygens (including phenoxy) is 1. The molecule has 3 aliphatic rings. The molecule has 3 aromatic rings. The smallest absolute Gasteiger partial charge is 0.254 e. The van der Waals surface area contributed by atoms with Crippen molar-refractivity contribution < 1.29 is 14.3 Å². The predicted molar refractivity (Wildman–Crippen MR) is 211 cm³/mol. The van der Waals surface area contributed by atoms with Gasteiger partial charge in [-0.05, 0) is 106 Å². The molecule has 3 aliphatic heterocycles. The summed E-state index contributed by atoms with van der Waals surface area (Å²) in [5, 5.41) is 6.90. The average molecular weight is 709 g/mol. The van der Waals surface area contributed by atoms with E-state index in [9.17, 15) is 9.59 Å². The van der Waals surface area contributed by atoms with Crippen LogP contribution in [0.3, 0.4) is 0 Å². The number of carbonyl (C=O) groups excluding carboxylic acids is 2. The summed E-state index contributed by atoms with van der Waals surface area (Å²) < 4.78 is 5.43. The SMILES string of the molecule is CCNC(C)Nc1cc(C)c(C(=O)N2CCC(C)(N3CCC(N(Cc4ccccc4)c4ccc(CC(=O)N5CCOCC5)cc4)CC3)CC2)c(C)c1. The van der Waals surface area contributed by atoms with Crippen molar-refractivity contribution in [2.45, 2.75) is 91.0 Å². The van der Waals surface area contributed by atoms with Crippen LogP contribution in [0.25, 0.3) is 0 Å². The zero-order valence-electron chi connectivity index (χ0n) is 32.1. The fourth-order valence-electron chi connectivity index (χ4n) is 8.49. The van der Waals surface area contributed by atoms with Gasteiger partial charge in [0.05, 0.1) is 25.8 Å². The van der Waals surface area contributed by atoms with Crippen molar-refractivity contribution in [2.24, 2.45) is 0 Å². The Labute approximate surface area is 311 Å². The molecule has 9 nitrogen and oxygen atoms in total. The lowest BCUT2D eigenvalue weighted by atomic mass is 9.85. The van der Waals surface area contributed by atoms with Crippen LogP contribution in [0.2, 0.25) is 0 Å². The van der Waals surface area contributed by atoms with Crippen molar-refractivity contribution in [1.29, 1.82) is 0 Å². The average Bonchev–Trinajstić information content (AvgIpc) is 3.15. The van der Waals surface area contributed by atoms with Gasteiger partial charge in [-0.3, -0.25) is 19.8 Å². The number of piperidine rings is 2. The van der Waals surface area contributed by atoms with Gasteiger partial charge in [0.15, 0.2) is 0 Å². The summed E-state index contributed by atoms with van der Waals surface area (Å²) in [6.45, 7) is 18.8. The van der Waals surface area contributed by atoms with E-state index in [2.05, 4.69) is 127 Å². The van der Waals surface area contributed by atoms with E-state index in [0.29, 0.717) is 38.8 Å². The van der Waals surface area contributed by atoms with Crippen molar-refractivity contribution in [3.63, 3.8) is 0 Å². The van der Waals surface area contributed by atoms with Gasteiger partial charge in [0.25, 0.3) is 5.91 Å². The molecule has 0 aromatic heterocycles. The van der Waals surface area contributed by atoms with Crippen LogP contribution >= 0.6 is 0 Å². The lowest BCUT2D eigenvalue weighted by Crippen LogP contribution is -2.58. The van der Waals surface area contributed by atoms with Gasteiger partial charge in [-0.15, -0.1) is 0 Å². The molecule has 0 radical (unpaired) electrons. The lowest BCUT2D eigenvalue weighted by Gasteiger charge is -2.50. The third-order valence-electron chi connectivity index (χ3n) is 11.6.